The first kappa shape index (κ1) is 24.8. The smallest absolute Gasteiger partial charge is 0.294 e. The molecule has 0 atom stereocenters. The number of carbonyl (C=O) groups is 2. The second-order valence-electron chi connectivity index (χ2n) is 7.34. The van der Waals surface area contributed by atoms with Crippen LogP contribution in [-0.4, -0.2) is 35.3 Å². The number of nitrogens with zero attached hydrogens (tertiary/aromatic N) is 2. The summed E-state index contributed by atoms with van der Waals surface area (Å²) in [5.74, 6) is -0.575. The standard InChI is InChI=1S/C24H25ClN4O5/c1-4-5-12-34-20-11-10-16(14-21(20)33-3)23(31)26-27-24(32)22-19(30)13-15(2)29(28-22)18-9-7-6-8-17(18)25/h6-11,13-14H,4-5,12H2,1-3H3,(H,26,31)(H,27,32). The van der Waals surface area contributed by atoms with E-state index >= 15 is 0 Å². The van der Waals surface area contributed by atoms with Gasteiger partial charge in [-0.15, -0.1) is 0 Å². The van der Waals surface area contributed by atoms with Gasteiger partial charge in [-0.1, -0.05) is 37.1 Å². The van der Waals surface area contributed by atoms with Crippen LogP contribution in [-0.2, 0) is 0 Å². The molecule has 0 aliphatic rings. The molecule has 0 aliphatic heterocycles. The van der Waals surface area contributed by atoms with E-state index in [2.05, 4.69) is 22.9 Å². The molecule has 2 N–H and O–H groups in total. The number of halogens is 1. The zero-order valence-corrected chi connectivity index (χ0v) is 19.8. The van der Waals surface area contributed by atoms with E-state index in [1.165, 1.54) is 23.9 Å². The first-order valence-corrected chi connectivity index (χ1v) is 11.0. The molecule has 0 bridgehead atoms. The van der Waals surface area contributed by atoms with E-state index in [4.69, 9.17) is 21.1 Å². The zero-order chi connectivity index (χ0) is 24.7. The summed E-state index contributed by atoms with van der Waals surface area (Å²) in [6.45, 7) is 4.26. The molecule has 0 saturated carbocycles. The van der Waals surface area contributed by atoms with E-state index in [-0.39, 0.29) is 5.56 Å². The summed E-state index contributed by atoms with van der Waals surface area (Å²) in [7, 11) is 1.47. The number of nitrogens with one attached hydrogen (secondary N) is 2. The number of amides is 2. The monoisotopic (exact) mass is 484 g/mol. The second-order valence-corrected chi connectivity index (χ2v) is 7.74. The van der Waals surface area contributed by atoms with Crippen molar-refractivity contribution in [3.05, 3.63) is 80.7 Å². The Morgan fingerprint density at radius 1 is 1.06 bits per heavy atom. The Balaban J connectivity index is 1.74. The number of hydrogen-bond donors (Lipinski definition) is 2. The predicted octanol–water partition coefficient (Wildman–Crippen LogP) is 3.46. The van der Waals surface area contributed by atoms with Crippen LogP contribution >= 0.6 is 11.6 Å². The number of para-hydroxylation sites is 1. The summed E-state index contributed by atoms with van der Waals surface area (Å²) in [6, 6.07) is 12.8. The Labute approximate surface area is 201 Å². The van der Waals surface area contributed by atoms with E-state index in [0.717, 1.165) is 12.8 Å². The van der Waals surface area contributed by atoms with Crippen molar-refractivity contribution >= 4 is 23.4 Å². The van der Waals surface area contributed by atoms with Crippen LogP contribution in [0.2, 0.25) is 5.02 Å². The maximum atomic E-state index is 12.6. The molecule has 1 heterocycles. The van der Waals surface area contributed by atoms with Crippen molar-refractivity contribution in [3.63, 3.8) is 0 Å². The molecule has 0 saturated heterocycles. The van der Waals surface area contributed by atoms with Crippen LogP contribution in [0.5, 0.6) is 11.5 Å². The number of rotatable bonds is 8. The van der Waals surface area contributed by atoms with Crippen LogP contribution in [0.25, 0.3) is 5.69 Å². The summed E-state index contributed by atoms with van der Waals surface area (Å²) in [6.07, 6.45) is 1.88. The highest BCUT2D eigenvalue weighted by Crippen LogP contribution is 2.28. The molecule has 3 aromatic rings. The molecule has 0 fully saturated rings. The highest BCUT2D eigenvalue weighted by molar-refractivity contribution is 6.32. The Morgan fingerprint density at radius 2 is 1.79 bits per heavy atom. The number of hydrogen-bond acceptors (Lipinski definition) is 6. The SMILES string of the molecule is CCCCOc1ccc(C(=O)NNC(=O)c2nn(-c3ccccc3Cl)c(C)cc2=O)cc1OC. The maximum absolute atomic E-state index is 12.6. The average molecular weight is 485 g/mol. The van der Waals surface area contributed by atoms with Crippen molar-refractivity contribution in [3.8, 4) is 17.2 Å². The van der Waals surface area contributed by atoms with Crippen molar-refractivity contribution in [2.75, 3.05) is 13.7 Å². The number of aryl methyl sites for hydroxylation is 1. The van der Waals surface area contributed by atoms with Gasteiger partial charge in [-0.3, -0.25) is 25.2 Å². The molecule has 10 heteroatoms. The first-order valence-electron chi connectivity index (χ1n) is 10.6. The average Bonchev–Trinajstić information content (AvgIpc) is 2.83. The summed E-state index contributed by atoms with van der Waals surface area (Å²) in [4.78, 5) is 37.6. The summed E-state index contributed by atoms with van der Waals surface area (Å²) < 4.78 is 12.3. The molecule has 0 aliphatic carbocycles. The molecule has 1 aromatic heterocycles. The number of methoxy groups -OCH3 is 1. The molecular weight excluding hydrogens is 460 g/mol. The molecule has 34 heavy (non-hydrogen) atoms. The Bertz CT molecular complexity index is 1260. The van der Waals surface area contributed by atoms with E-state index in [9.17, 15) is 14.4 Å². The van der Waals surface area contributed by atoms with E-state index < -0.39 is 22.9 Å². The topological polar surface area (TPSA) is 112 Å². The first-order chi connectivity index (χ1) is 16.3. The number of unbranched alkanes of at least 4 members (excludes halogenated alkanes) is 1. The minimum Gasteiger partial charge on any atom is -0.493 e. The van der Waals surface area contributed by atoms with Crippen LogP contribution in [0.15, 0.2) is 53.3 Å². The largest absolute Gasteiger partial charge is 0.493 e. The van der Waals surface area contributed by atoms with Crippen molar-refractivity contribution in [2.45, 2.75) is 26.7 Å². The second kappa shape index (κ2) is 11.3. The zero-order valence-electron chi connectivity index (χ0n) is 19.1. The lowest BCUT2D eigenvalue weighted by Gasteiger charge is -2.13. The molecule has 9 nitrogen and oxygen atoms in total. The number of hydrazine groups is 1. The lowest BCUT2D eigenvalue weighted by atomic mass is 10.2. The van der Waals surface area contributed by atoms with Crippen molar-refractivity contribution in [2.24, 2.45) is 0 Å². The molecule has 2 amide bonds. The van der Waals surface area contributed by atoms with Crippen LogP contribution in [0.3, 0.4) is 0 Å². The number of benzene rings is 2. The van der Waals surface area contributed by atoms with Gasteiger partial charge in [0.1, 0.15) is 0 Å². The Hall–Kier alpha value is -3.85. The predicted molar refractivity (Wildman–Crippen MR) is 128 cm³/mol. The molecule has 178 valence electrons. The summed E-state index contributed by atoms with van der Waals surface area (Å²) in [5.41, 5.74) is 4.74. The third kappa shape index (κ3) is 5.74. The molecule has 2 aromatic carbocycles. The molecular formula is C24H25ClN4O5. The number of ether oxygens (including phenoxy) is 2. The Kier molecular flexibility index (Phi) is 8.26. The van der Waals surface area contributed by atoms with Gasteiger partial charge in [-0.25, -0.2) is 4.68 Å². The fourth-order valence-electron chi connectivity index (χ4n) is 3.07. The van der Waals surface area contributed by atoms with Gasteiger partial charge in [0, 0.05) is 17.3 Å². The molecule has 0 unspecified atom stereocenters. The van der Waals surface area contributed by atoms with Gasteiger partial charge in [0.15, 0.2) is 17.2 Å². The van der Waals surface area contributed by atoms with E-state index in [0.29, 0.717) is 34.5 Å². The summed E-state index contributed by atoms with van der Waals surface area (Å²) >= 11 is 6.23. The lowest BCUT2D eigenvalue weighted by Crippen LogP contribution is -2.44. The maximum Gasteiger partial charge on any atom is 0.294 e. The minimum atomic E-state index is -0.870. The molecule has 0 spiro atoms. The third-order valence-corrected chi connectivity index (χ3v) is 5.19. The van der Waals surface area contributed by atoms with Crippen molar-refractivity contribution in [1.29, 1.82) is 0 Å². The van der Waals surface area contributed by atoms with Crippen molar-refractivity contribution < 1.29 is 19.1 Å². The van der Waals surface area contributed by atoms with Crippen LogP contribution in [0.4, 0.5) is 0 Å². The molecule has 0 radical (unpaired) electrons. The normalized spacial score (nSPS) is 10.5. The van der Waals surface area contributed by atoms with E-state index in [1.54, 1.807) is 43.3 Å². The van der Waals surface area contributed by atoms with Gasteiger partial charge < -0.3 is 9.47 Å². The van der Waals surface area contributed by atoms with Gasteiger partial charge in [-0.2, -0.15) is 5.10 Å². The highest BCUT2D eigenvalue weighted by atomic mass is 35.5. The third-order valence-electron chi connectivity index (χ3n) is 4.87. The Morgan fingerprint density at radius 3 is 2.50 bits per heavy atom. The van der Waals surface area contributed by atoms with Crippen LogP contribution in [0, 0.1) is 6.92 Å². The van der Waals surface area contributed by atoms with Crippen molar-refractivity contribution in [1.82, 2.24) is 20.6 Å². The fraction of sp³-hybridized carbons (Fsp3) is 0.250. The van der Waals surface area contributed by atoms with Gasteiger partial charge in [-0.05, 0) is 43.7 Å². The van der Waals surface area contributed by atoms with Crippen LogP contribution < -0.4 is 25.8 Å². The minimum absolute atomic E-state index is 0.227. The quantitative estimate of drug-likeness (QED) is 0.374. The highest BCUT2D eigenvalue weighted by Gasteiger charge is 2.18. The van der Waals surface area contributed by atoms with Gasteiger partial charge in [0.05, 0.1) is 24.4 Å². The van der Waals surface area contributed by atoms with Gasteiger partial charge >= 0.3 is 0 Å². The number of carbonyl (C=O) groups excluding carboxylic acids is 2. The lowest BCUT2D eigenvalue weighted by molar-refractivity contribution is 0.0842. The van der Waals surface area contributed by atoms with Gasteiger partial charge in [0.2, 0.25) is 5.43 Å². The van der Waals surface area contributed by atoms with Gasteiger partial charge in [0.25, 0.3) is 11.8 Å². The molecule has 3 rings (SSSR count). The van der Waals surface area contributed by atoms with Crippen LogP contribution in [0.1, 0.15) is 46.3 Å². The van der Waals surface area contributed by atoms with E-state index in [1.807, 2.05) is 0 Å². The fourth-order valence-corrected chi connectivity index (χ4v) is 3.29. The summed E-state index contributed by atoms with van der Waals surface area (Å²) in [5, 5.41) is 4.55. The number of aromatic nitrogens is 2.